The molecule has 2 aromatic carbocycles. The van der Waals surface area contributed by atoms with Gasteiger partial charge in [-0.3, -0.25) is 0 Å². The minimum Gasteiger partial charge on any atom is -0.490 e. The van der Waals surface area contributed by atoms with Gasteiger partial charge in [0.05, 0.1) is 18.6 Å². The average Bonchev–Trinajstić information content (AvgIpc) is 2.98. The zero-order valence-electron chi connectivity index (χ0n) is 24.8. The van der Waals surface area contributed by atoms with Crippen molar-refractivity contribution in [3.63, 3.8) is 0 Å². The first-order valence-electron chi connectivity index (χ1n) is 15.7. The highest BCUT2D eigenvalue weighted by molar-refractivity contribution is 5.34. The molecule has 1 nitrogen and oxygen atoms in total. The van der Waals surface area contributed by atoms with Crippen LogP contribution in [0.3, 0.4) is 0 Å². The van der Waals surface area contributed by atoms with E-state index in [2.05, 4.69) is 19.1 Å². The number of alkyl halides is 2. The molecule has 0 heterocycles. The summed E-state index contributed by atoms with van der Waals surface area (Å²) in [5.41, 5.74) is -0.894. The summed E-state index contributed by atoms with van der Waals surface area (Å²) in [6.07, 6.45) is 17.6. The second-order valence-corrected chi connectivity index (χ2v) is 12.4. The van der Waals surface area contributed by atoms with Crippen LogP contribution in [-0.2, 0) is 5.92 Å². The van der Waals surface area contributed by atoms with Gasteiger partial charge in [-0.1, -0.05) is 56.9 Å². The third kappa shape index (κ3) is 8.13. The minimum atomic E-state index is -3.74. The molecule has 2 aliphatic rings. The van der Waals surface area contributed by atoms with Gasteiger partial charge in [0, 0.05) is 0 Å². The van der Waals surface area contributed by atoms with Crippen LogP contribution in [0.15, 0.2) is 36.4 Å². The summed E-state index contributed by atoms with van der Waals surface area (Å²) >= 11 is 0. The topological polar surface area (TPSA) is 9.23 Å². The summed E-state index contributed by atoms with van der Waals surface area (Å²) < 4.78 is 91.8. The van der Waals surface area contributed by atoms with E-state index in [0.717, 1.165) is 43.7 Å². The van der Waals surface area contributed by atoms with Crippen molar-refractivity contribution in [2.75, 3.05) is 6.61 Å². The molecule has 0 spiro atoms. The van der Waals surface area contributed by atoms with Gasteiger partial charge in [-0.2, -0.15) is 4.39 Å². The fourth-order valence-electron chi connectivity index (χ4n) is 6.62. The van der Waals surface area contributed by atoms with Crippen molar-refractivity contribution in [3.8, 4) is 5.75 Å². The molecule has 4 rings (SSSR count). The van der Waals surface area contributed by atoms with E-state index in [0.29, 0.717) is 11.8 Å². The van der Waals surface area contributed by atoms with E-state index in [1.807, 2.05) is 0 Å². The summed E-state index contributed by atoms with van der Waals surface area (Å²) in [5, 5.41) is 0. The Balaban J connectivity index is 1.25. The number of allylic oxidation sites excluding steroid dienone is 2. The van der Waals surface area contributed by atoms with Crippen LogP contribution in [-0.4, -0.2) is 6.61 Å². The highest BCUT2D eigenvalue weighted by Gasteiger charge is 2.36. The van der Waals surface area contributed by atoms with Gasteiger partial charge in [0.15, 0.2) is 23.2 Å². The van der Waals surface area contributed by atoms with Gasteiger partial charge in [-0.15, -0.1) is 0 Å². The number of halogens is 6. The van der Waals surface area contributed by atoms with Crippen molar-refractivity contribution in [1.29, 1.82) is 0 Å². The minimum absolute atomic E-state index is 0.0866. The first-order chi connectivity index (χ1) is 20.1. The van der Waals surface area contributed by atoms with Crippen LogP contribution in [0.5, 0.6) is 5.75 Å². The van der Waals surface area contributed by atoms with Crippen molar-refractivity contribution in [3.05, 3.63) is 76.4 Å². The molecule has 0 atom stereocenters. The van der Waals surface area contributed by atoms with E-state index in [1.54, 1.807) is 0 Å². The quantitative estimate of drug-likeness (QED) is 0.135. The molecule has 2 aliphatic carbocycles. The van der Waals surface area contributed by atoms with Gasteiger partial charge >= 0.3 is 0 Å². The number of benzene rings is 2. The predicted octanol–water partition coefficient (Wildman–Crippen LogP) is 11.3. The van der Waals surface area contributed by atoms with E-state index in [1.165, 1.54) is 70.4 Å². The maximum atomic E-state index is 15.0. The van der Waals surface area contributed by atoms with Crippen molar-refractivity contribution >= 4 is 0 Å². The Morgan fingerprint density at radius 1 is 0.762 bits per heavy atom. The van der Waals surface area contributed by atoms with Crippen molar-refractivity contribution in [1.82, 2.24) is 0 Å². The molecule has 2 saturated carbocycles. The van der Waals surface area contributed by atoms with Crippen LogP contribution >= 0.6 is 0 Å². The van der Waals surface area contributed by atoms with Gasteiger partial charge in [0.25, 0.3) is 5.92 Å². The van der Waals surface area contributed by atoms with E-state index in [4.69, 9.17) is 4.74 Å². The number of hydrogen-bond acceptors (Lipinski definition) is 1. The number of hydrogen-bond donors (Lipinski definition) is 0. The zero-order chi connectivity index (χ0) is 30.3. The Bertz CT molecular complexity index is 1190. The van der Waals surface area contributed by atoms with Crippen LogP contribution in [0.2, 0.25) is 0 Å². The molecule has 0 radical (unpaired) electrons. The number of rotatable bonds is 12. The fraction of sp³-hybridized carbons (Fsp3) is 0.600. The zero-order valence-corrected chi connectivity index (χ0v) is 24.8. The monoisotopic (exact) mass is 594 g/mol. The summed E-state index contributed by atoms with van der Waals surface area (Å²) in [6.45, 7) is 2.82. The van der Waals surface area contributed by atoms with Crippen LogP contribution < -0.4 is 4.74 Å². The lowest BCUT2D eigenvalue weighted by molar-refractivity contribution is -0.0282. The third-order valence-corrected chi connectivity index (χ3v) is 9.39. The highest BCUT2D eigenvalue weighted by atomic mass is 19.3. The summed E-state index contributed by atoms with van der Waals surface area (Å²) in [5.74, 6) is -7.51. The Kier molecular flexibility index (Phi) is 11.5. The molecule has 232 valence electrons. The second-order valence-electron chi connectivity index (χ2n) is 12.4. The van der Waals surface area contributed by atoms with Crippen molar-refractivity contribution in [2.45, 2.75) is 109 Å². The van der Waals surface area contributed by atoms with Gasteiger partial charge in [-0.25, -0.2) is 22.0 Å². The van der Waals surface area contributed by atoms with Gasteiger partial charge in [-0.05, 0) is 105 Å². The number of unbranched alkanes of at least 4 members (excludes halogenated alkanes) is 2. The largest absolute Gasteiger partial charge is 0.490 e. The van der Waals surface area contributed by atoms with Crippen molar-refractivity contribution < 1.29 is 31.1 Å². The molecular weight excluding hydrogens is 550 g/mol. The second kappa shape index (κ2) is 14.8. The molecular formula is C35H44F6O. The number of ether oxygens (including phenoxy) is 1. The molecule has 0 saturated heterocycles. The smallest absolute Gasteiger partial charge is 0.279 e. The Morgan fingerprint density at radius 2 is 1.40 bits per heavy atom. The Labute approximate surface area is 246 Å². The SMILES string of the molecule is CCCCCC1CCC(/C=C/C2CCC(c3ccc(OCCC(F)(F)c4ccc(C)c(F)c4F)c(F)c3F)CC2)CC1. The van der Waals surface area contributed by atoms with Crippen LogP contribution in [0.1, 0.15) is 113 Å². The predicted molar refractivity (Wildman–Crippen MR) is 155 cm³/mol. The van der Waals surface area contributed by atoms with Crippen molar-refractivity contribution in [2.24, 2.45) is 17.8 Å². The molecule has 0 aromatic heterocycles. The third-order valence-electron chi connectivity index (χ3n) is 9.39. The van der Waals surface area contributed by atoms with Crippen LogP contribution in [0.25, 0.3) is 0 Å². The van der Waals surface area contributed by atoms with E-state index < -0.39 is 53.5 Å². The maximum Gasteiger partial charge on any atom is 0.279 e. The van der Waals surface area contributed by atoms with Gasteiger partial charge in [0.1, 0.15) is 0 Å². The Hall–Kier alpha value is -2.44. The lowest BCUT2D eigenvalue weighted by atomic mass is 9.76. The van der Waals surface area contributed by atoms with Crippen LogP contribution in [0.4, 0.5) is 26.3 Å². The normalized spacial score (nSPS) is 23.4. The summed E-state index contributed by atoms with van der Waals surface area (Å²) in [6, 6.07) is 4.64. The first-order valence-corrected chi connectivity index (χ1v) is 15.7. The molecule has 7 heteroatoms. The maximum absolute atomic E-state index is 15.0. The molecule has 0 N–H and O–H groups in total. The average molecular weight is 595 g/mol. The molecule has 42 heavy (non-hydrogen) atoms. The summed E-state index contributed by atoms with van der Waals surface area (Å²) in [7, 11) is 0. The van der Waals surface area contributed by atoms with Gasteiger partial charge < -0.3 is 4.74 Å². The van der Waals surface area contributed by atoms with E-state index in [9.17, 15) is 22.0 Å². The lowest BCUT2D eigenvalue weighted by Gasteiger charge is -2.29. The lowest BCUT2D eigenvalue weighted by Crippen LogP contribution is -2.20. The molecule has 0 aliphatic heterocycles. The van der Waals surface area contributed by atoms with Gasteiger partial charge in [0.2, 0.25) is 5.82 Å². The highest BCUT2D eigenvalue weighted by Crippen LogP contribution is 2.40. The molecule has 0 unspecified atom stereocenters. The molecule has 0 bridgehead atoms. The van der Waals surface area contributed by atoms with Crippen LogP contribution in [0, 0.1) is 47.9 Å². The van der Waals surface area contributed by atoms with E-state index >= 15 is 4.39 Å². The molecule has 2 fully saturated rings. The van der Waals surface area contributed by atoms with E-state index in [-0.39, 0.29) is 17.0 Å². The molecule has 2 aromatic rings. The first kappa shape index (κ1) is 32.5. The standard InChI is InChI=1S/C35H44F6O/c1-3-4-5-6-24-8-10-25(11-9-24)12-13-26-14-16-27(17-15-26)28-18-20-30(34(39)32(28)37)42-22-21-35(40,41)29-19-7-23(2)31(36)33(29)38/h7,12-13,18-20,24-27H,3-6,8-11,14-17,21-22H2,1-2H3/b13-12+. The summed E-state index contributed by atoms with van der Waals surface area (Å²) in [4.78, 5) is 0. The molecule has 0 amide bonds. The Morgan fingerprint density at radius 3 is 2.05 bits per heavy atom. The fourth-order valence-corrected chi connectivity index (χ4v) is 6.62. The number of aryl methyl sites for hydroxylation is 1.